The van der Waals surface area contributed by atoms with Crippen LogP contribution in [0.5, 0.6) is 0 Å². The molecule has 90 valence electrons. The molecule has 0 aliphatic rings. The molecule has 0 atom stereocenters. The molecule has 5 nitrogen and oxygen atoms in total. The standard InChI is InChI=1S/C12H9N3O2S/c16-12(15-17)7-1-2-9-10(5-7)14-11(13-9)8-3-4-18-6-8/h1-6,17H,(H,13,14)(H,15,16). The summed E-state index contributed by atoms with van der Waals surface area (Å²) in [5.41, 5.74) is 4.55. The van der Waals surface area contributed by atoms with Crippen molar-refractivity contribution in [2.45, 2.75) is 0 Å². The summed E-state index contributed by atoms with van der Waals surface area (Å²) in [7, 11) is 0. The number of rotatable bonds is 2. The molecule has 0 radical (unpaired) electrons. The summed E-state index contributed by atoms with van der Waals surface area (Å²) in [6.07, 6.45) is 0. The number of imidazole rings is 1. The van der Waals surface area contributed by atoms with E-state index >= 15 is 0 Å². The predicted octanol–water partition coefficient (Wildman–Crippen LogP) is 2.41. The lowest BCUT2D eigenvalue weighted by Gasteiger charge is -1.97. The van der Waals surface area contributed by atoms with E-state index in [4.69, 9.17) is 5.21 Å². The Labute approximate surface area is 106 Å². The summed E-state index contributed by atoms with van der Waals surface area (Å²) in [5.74, 6) is 0.233. The fourth-order valence-corrected chi connectivity index (χ4v) is 2.39. The largest absolute Gasteiger partial charge is 0.338 e. The number of hydrogen-bond acceptors (Lipinski definition) is 4. The van der Waals surface area contributed by atoms with Crippen LogP contribution in [0.4, 0.5) is 0 Å². The second-order valence-corrected chi connectivity index (χ2v) is 4.55. The minimum absolute atomic E-state index is 0.380. The van der Waals surface area contributed by atoms with Crippen molar-refractivity contribution in [3.05, 3.63) is 40.6 Å². The van der Waals surface area contributed by atoms with Crippen molar-refractivity contribution in [3.8, 4) is 11.4 Å². The lowest BCUT2D eigenvalue weighted by atomic mass is 10.2. The van der Waals surface area contributed by atoms with Gasteiger partial charge in [-0.25, -0.2) is 10.5 Å². The maximum Gasteiger partial charge on any atom is 0.274 e. The molecule has 6 heteroatoms. The van der Waals surface area contributed by atoms with E-state index in [0.29, 0.717) is 5.56 Å². The number of nitrogens with one attached hydrogen (secondary N) is 2. The monoisotopic (exact) mass is 259 g/mol. The number of thiophene rings is 1. The number of aromatic nitrogens is 2. The fraction of sp³-hybridized carbons (Fsp3) is 0. The molecule has 1 aromatic carbocycles. The Bertz CT molecular complexity index is 703. The Hall–Kier alpha value is -2.18. The number of aromatic amines is 1. The zero-order valence-corrected chi connectivity index (χ0v) is 9.99. The highest BCUT2D eigenvalue weighted by Gasteiger charge is 2.09. The molecule has 3 N–H and O–H groups in total. The first-order valence-electron chi connectivity index (χ1n) is 5.25. The van der Waals surface area contributed by atoms with Gasteiger partial charge in [0.25, 0.3) is 5.91 Å². The Morgan fingerprint density at radius 2 is 2.28 bits per heavy atom. The van der Waals surface area contributed by atoms with Crippen LogP contribution in [0.1, 0.15) is 10.4 Å². The third-order valence-electron chi connectivity index (χ3n) is 2.64. The molecule has 0 aliphatic carbocycles. The lowest BCUT2D eigenvalue weighted by molar-refractivity contribution is 0.0706. The van der Waals surface area contributed by atoms with Gasteiger partial charge in [-0.15, -0.1) is 0 Å². The molecule has 0 aliphatic heterocycles. The van der Waals surface area contributed by atoms with Crippen LogP contribution in [0.3, 0.4) is 0 Å². The smallest absolute Gasteiger partial charge is 0.274 e. The van der Waals surface area contributed by atoms with E-state index in [1.54, 1.807) is 35.0 Å². The summed E-state index contributed by atoms with van der Waals surface area (Å²) in [6, 6.07) is 6.99. The average Bonchev–Trinajstić information content (AvgIpc) is 3.04. The Kier molecular flexibility index (Phi) is 2.58. The minimum Gasteiger partial charge on any atom is -0.338 e. The number of amides is 1. The average molecular weight is 259 g/mol. The van der Waals surface area contributed by atoms with E-state index in [1.807, 2.05) is 16.8 Å². The van der Waals surface area contributed by atoms with Gasteiger partial charge >= 0.3 is 0 Å². The zero-order chi connectivity index (χ0) is 12.5. The summed E-state index contributed by atoms with van der Waals surface area (Å²) in [6.45, 7) is 0. The van der Waals surface area contributed by atoms with Gasteiger partial charge in [0.15, 0.2) is 0 Å². The Balaban J connectivity index is 2.10. The molecule has 3 aromatic rings. The maximum absolute atomic E-state index is 11.3. The van der Waals surface area contributed by atoms with Gasteiger partial charge in [-0.2, -0.15) is 11.3 Å². The normalized spacial score (nSPS) is 10.7. The summed E-state index contributed by atoms with van der Waals surface area (Å²) >= 11 is 1.60. The van der Waals surface area contributed by atoms with Crippen molar-refractivity contribution in [2.75, 3.05) is 0 Å². The van der Waals surface area contributed by atoms with Gasteiger partial charge in [0.2, 0.25) is 0 Å². The van der Waals surface area contributed by atoms with E-state index in [2.05, 4.69) is 9.97 Å². The van der Waals surface area contributed by atoms with Crippen LogP contribution in [-0.4, -0.2) is 21.1 Å². The van der Waals surface area contributed by atoms with Gasteiger partial charge in [0.1, 0.15) is 5.82 Å². The molecule has 2 heterocycles. The molecule has 0 saturated heterocycles. The summed E-state index contributed by atoms with van der Waals surface area (Å²) < 4.78 is 0. The summed E-state index contributed by atoms with van der Waals surface area (Å²) in [5, 5.41) is 12.6. The van der Waals surface area contributed by atoms with Crippen LogP contribution in [-0.2, 0) is 0 Å². The molecule has 18 heavy (non-hydrogen) atoms. The Morgan fingerprint density at radius 3 is 3.00 bits per heavy atom. The van der Waals surface area contributed by atoms with Crippen LogP contribution >= 0.6 is 11.3 Å². The van der Waals surface area contributed by atoms with Crippen LogP contribution in [0.2, 0.25) is 0 Å². The molecular weight excluding hydrogens is 250 g/mol. The molecule has 2 aromatic heterocycles. The number of carbonyl (C=O) groups excluding carboxylic acids is 1. The van der Waals surface area contributed by atoms with E-state index in [-0.39, 0.29) is 0 Å². The lowest BCUT2D eigenvalue weighted by Crippen LogP contribution is -2.18. The van der Waals surface area contributed by atoms with Crippen LogP contribution in [0.15, 0.2) is 35.0 Å². The van der Waals surface area contributed by atoms with Crippen molar-refractivity contribution < 1.29 is 10.0 Å². The third-order valence-corrected chi connectivity index (χ3v) is 3.32. The van der Waals surface area contributed by atoms with Gasteiger partial charge in [-0.1, -0.05) is 0 Å². The van der Waals surface area contributed by atoms with Gasteiger partial charge in [-0.3, -0.25) is 10.0 Å². The molecule has 0 bridgehead atoms. The number of hydroxylamine groups is 1. The van der Waals surface area contributed by atoms with Crippen molar-refractivity contribution >= 4 is 28.3 Å². The van der Waals surface area contributed by atoms with Gasteiger partial charge in [0.05, 0.1) is 11.0 Å². The van der Waals surface area contributed by atoms with E-state index < -0.39 is 5.91 Å². The quantitative estimate of drug-likeness (QED) is 0.488. The summed E-state index contributed by atoms with van der Waals surface area (Å²) in [4.78, 5) is 18.9. The van der Waals surface area contributed by atoms with E-state index in [1.165, 1.54) is 0 Å². The number of carbonyl (C=O) groups is 1. The highest BCUT2D eigenvalue weighted by molar-refractivity contribution is 7.08. The molecule has 0 unspecified atom stereocenters. The van der Waals surface area contributed by atoms with Gasteiger partial charge in [-0.05, 0) is 29.6 Å². The second kappa shape index (κ2) is 4.25. The van der Waals surface area contributed by atoms with Crippen LogP contribution in [0, 0.1) is 0 Å². The number of H-pyrrole nitrogens is 1. The molecule has 1 amide bonds. The first-order chi connectivity index (χ1) is 8.78. The number of hydrogen-bond donors (Lipinski definition) is 3. The second-order valence-electron chi connectivity index (χ2n) is 3.77. The molecule has 0 fully saturated rings. The molecular formula is C12H9N3O2S. The number of nitrogens with zero attached hydrogens (tertiary/aromatic N) is 1. The maximum atomic E-state index is 11.3. The van der Waals surface area contributed by atoms with Crippen molar-refractivity contribution in [2.24, 2.45) is 0 Å². The van der Waals surface area contributed by atoms with Crippen LogP contribution in [0.25, 0.3) is 22.4 Å². The number of fused-ring (bicyclic) bond motifs is 1. The van der Waals surface area contributed by atoms with Gasteiger partial charge < -0.3 is 4.98 Å². The van der Waals surface area contributed by atoms with Crippen molar-refractivity contribution in [3.63, 3.8) is 0 Å². The van der Waals surface area contributed by atoms with E-state index in [0.717, 1.165) is 22.4 Å². The molecule has 0 spiro atoms. The SMILES string of the molecule is O=C(NO)c1ccc2nc(-c3ccsc3)[nH]c2c1. The minimum atomic E-state index is -0.538. The Morgan fingerprint density at radius 1 is 1.39 bits per heavy atom. The van der Waals surface area contributed by atoms with Crippen LogP contribution < -0.4 is 5.48 Å². The predicted molar refractivity (Wildman–Crippen MR) is 68.7 cm³/mol. The highest BCUT2D eigenvalue weighted by Crippen LogP contribution is 2.23. The van der Waals surface area contributed by atoms with Gasteiger partial charge in [0, 0.05) is 16.5 Å². The van der Waals surface area contributed by atoms with Crippen molar-refractivity contribution in [1.29, 1.82) is 0 Å². The topological polar surface area (TPSA) is 78.0 Å². The zero-order valence-electron chi connectivity index (χ0n) is 9.18. The highest BCUT2D eigenvalue weighted by atomic mass is 32.1. The van der Waals surface area contributed by atoms with E-state index in [9.17, 15) is 4.79 Å². The molecule has 0 saturated carbocycles. The third kappa shape index (κ3) is 1.77. The molecule has 3 rings (SSSR count). The number of benzene rings is 1. The fourth-order valence-electron chi connectivity index (χ4n) is 1.75. The first kappa shape index (κ1) is 10.9. The first-order valence-corrected chi connectivity index (χ1v) is 6.19. The van der Waals surface area contributed by atoms with Crippen molar-refractivity contribution in [1.82, 2.24) is 15.4 Å².